The van der Waals surface area contributed by atoms with Crippen molar-refractivity contribution in [2.24, 2.45) is 0 Å². The Labute approximate surface area is 184 Å². The highest BCUT2D eigenvalue weighted by Crippen LogP contribution is 2.31. The van der Waals surface area contributed by atoms with E-state index in [1.165, 1.54) is 39.2 Å². The monoisotopic (exact) mass is 438 g/mol. The van der Waals surface area contributed by atoms with Crippen LogP contribution in [0.5, 0.6) is 0 Å². The van der Waals surface area contributed by atoms with Crippen LogP contribution in [0.4, 0.5) is 5.69 Å². The number of rotatable bonds is 4. The molecule has 154 valence electrons. The Morgan fingerprint density at radius 2 is 2.13 bits per heavy atom. The van der Waals surface area contributed by atoms with Crippen LogP contribution in [-0.4, -0.2) is 29.7 Å². The summed E-state index contributed by atoms with van der Waals surface area (Å²) in [6.07, 6.45) is 4.09. The number of ether oxygens (including phenoxy) is 1. The molecule has 1 unspecified atom stereocenters. The van der Waals surface area contributed by atoms with E-state index in [0.29, 0.717) is 0 Å². The predicted octanol–water partition coefficient (Wildman–Crippen LogP) is 6.09. The first-order valence-corrected chi connectivity index (χ1v) is 11.5. The lowest BCUT2D eigenvalue weighted by Gasteiger charge is -2.34. The average Bonchev–Trinajstić information content (AvgIpc) is 3.32. The van der Waals surface area contributed by atoms with E-state index in [2.05, 4.69) is 57.4 Å². The molecule has 1 saturated heterocycles. The van der Waals surface area contributed by atoms with Gasteiger partial charge in [-0.1, -0.05) is 17.7 Å². The van der Waals surface area contributed by atoms with Crippen molar-refractivity contribution in [3.8, 4) is 0 Å². The van der Waals surface area contributed by atoms with Crippen molar-refractivity contribution in [3.63, 3.8) is 0 Å². The van der Waals surface area contributed by atoms with Gasteiger partial charge in [0.05, 0.1) is 12.1 Å². The number of carbonyl (C=O) groups excluding carboxylic acids is 1. The number of carbonyl (C=O) groups is 1. The van der Waals surface area contributed by atoms with E-state index in [1.54, 1.807) is 11.3 Å². The molecule has 30 heavy (non-hydrogen) atoms. The Morgan fingerprint density at radius 3 is 3.00 bits per heavy atom. The van der Waals surface area contributed by atoms with Crippen molar-refractivity contribution < 1.29 is 9.53 Å². The van der Waals surface area contributed by atoms with Crippen LogP contribution in [0, 0.1) is 0 Å². The minimum Gasteiger partial charge on any atom is -0.461 e. The maximum atomic E-state index is 11.4. The summed E-state index contributed by atoms with van der Waals surface area (Å²) in [5, 5.41) is 5.45. The lowest BCUT2D eigenvalue weighted by molar-refractivity contribution is -0.146. The standard InChI is InChI=1S/C24H23ClN2O2S/c1-16(28)29-21-3-2-9-26(14-21)20-6-4-17-8-10-27(23(17)12-20)13-18-15-30-24-7-5-19(25)11-22(18)24/h4-8,10-12,15,21H,2-3,9,13-14H2,1H3. The second-order valence-electron chi connectivity index (χ2n) is 7.91. The Kier molecular flexibility index (Phi) is 5.17. The first kappa shape index (κ1) is 19.5. The molecular formula is C24H23ClN2O2S. The summed E-state index contributed by atoms with van der Waals surface area (Å²) < 4.78 is 9.03. The summed E-state index contributed by atoms with van der Waals surface area (Å²) in [5.41, 5.74) is 3.68. The summed E-state index contributed by atoms with van der Waals surface area (Å²) >= 11 is 7.99. The molecule has 3 heterocycles. The molecule has 2 aromatic carbocycles. The van der Waals surface area contributed by atoms with Crippen molar-refractivity contribution in [2.75, 3.05) is 18.0 Å². The van der Waals surface area contributed by atoms with Gasteiger partial charge in [0.1, 0.15) is 6.10 Å². The van der Waals surface area contributed by atoms with Gasteiger partial charge in [0.25, 0.3) is 0 Å². The summed E-state index contributed by atoms with van der Waals surface area (Å²) in [6, 6.07) is 14.9. The average molecular weight is 439 g/mol. The SMILES string of the molecule is CC(=O)OC1CCCN(c2ccc3ccn(Cc4csc5ccc(Cl)cc45)c3c2)C1. The second kappa shape index (κ2) is 7.97. The maximum Gasteiger partial charge on any atom is 0.302 e. The number of fused-ring (bicyclic) bond motifs is 2. The molecule has 0 amide bonds. The first-order chi connectivity index (χ1) is 14.6. The summed E-state index contributed by atoms with van der Waals surface area (Å²) in [7, 11) is 0. The van der Waals surface area contributed by atoms with Gasteiger partial charge in [0, 0.05) is 41.6 Å². The number of hydrogen-bond donors (Lipinski definition) is 0. The largest absolute Gasteiger partial charge is 0.461 e. The van der Waals surface area contributed by atoms with Gasteiger partial charge in [0.15, 0.2) is 0 Å². The Balaban J connectivity index is 1.44. The van der Waals surface area contributed by atoms with Gasteiger partial charge in [0.2, 0.25) is 0 Å². The first-order valence-electron chi connectivity index (χ1n) is 10.2. The molecule has 0 N–H and O–H groups in total. The summed E-state index contributed by atoms with van der Waals surface area (Å²) in [5.74, 6) is -0.200. The fourth-order valence-electron chi connectivity index (χ4n) is 4.37. The normalized spacial score (nSPS) is 17.0. The minimum atomic E-state index is -0.200. The van der Waals surface area contributed by atoms with Crippen LogP contribution in [0.3, 0.4) is 0 Å². The minimum absolute atomic E-state index is 0.0272. The van der Waals surface area contributed by atoms with Crippen LogP contribution in [0.2, 0.25) is 5.02 Å². The van der Waals surface area contributed by atoms with Crippen LogP contribution >= 0.6 is 22.9 Å². The van der Waals surface area contributed by atoms with Crippen LogP contribution in [0.1, 0.15) is 25.3 Å². The van der Waals surface area contributed by atoms with Crippen LogP contribution in [0.15, 0.2) is 54.0 Å². The molecule has 0 spiro atoms. The molecule has 5 rings (SSSR count). The van der Waals surface area contributed by atoms with Crippen LogP contribution in [-0.2, 0) is 16.1 Å². The zero-order chi connectivity index (χ0) is 20.7. The van der Waals surface area contributed by atoms with Crippen molar-refractivity contribution in [1.82, 2.24) is 4.57 Å². The number of aromatic nitrogens is 1. The zero-order valence-electron chi connectivity index (χ0n) is 16.8. The lowest BCUT2D eigenvalue weighted by atomic mass is 10.1. The molecule has 4 aromatic rings. The second-order valence-corrected chi connectivity index (χ2v) is 9.26. The van der Waals surface area contributed by atoms with Gasteiger partial charge in [-0.05, 0) is 71.0 Å². The molecule has 2 aromatic heterocycles. The number of nitrogens with zero attached hydrogens (tertiary/aromatic N) is 2. The van der Waals surface area contributed by atoms with E-state index >= 15 is 0 Å². The summed E-state index contributed by atoms with van der Waals surface area (Å²) in [6.45, 7) is 4.03. The summed E-state index contributed by atoms with van der Waals surface area (Å²) in [4.78, 5) is 13.7. The van der Waals surface area contributed by atoms with Gasteiger partial charge >= 0.3 is 5.97 Å². The number of anilines is 1. The highest BCUT2D eigenvalue weighted by molar-refractivity contribution is 7.17. The van der Waals surface area contributed by atoms with Gasteiger partial charge in [-0.25, -0.2) is 0 Å². The molecule has 0 bridgehead atoms. The van der Waals surface area contributed by atoms with Crippen LogP contribution in [0.25, 0.3) is 21.0 Å². The van der Waals surface area contributed by atoms with Crippen LogP contribution < -0.4 is 4.90 Å². The van der Waals surface area contributed by atoms with E-state index < -0.39 is 0 Å². The highest BCUT2D eigenvalue weighted by Gasteiger charge is 2.22. The third kappa shape index (κ3) is 3.80. The van der Waals surface area contributed by atoms with E-state index in [1.807, 2.05) is 6.07 Å². The molecule has 0 radical (unpaired) electrons. The van der Waals surface area contributed by atoms with E-state index in [9.17, 15) is 4.79 Å². The third-order valence-corrected chi connectivity index (χ3v) is 7.04. The highest BCUT2D eigenvalue weighted by atomic mass is 35.5. The van der Waals surface area contributed by atoms with Crippen molar-refractivity contribution in [3.05, 3.63) is 64.6 Å². The molecule has 0 saturated carbocycles. The topological polar surface area (TPSA) is 34.5 Å². The molecule has 1 atom stereocenters. The van der Waals surface area contributed by atoms with E-state index in [-0.39, 0.29) is 12.1 Å². The number of esters is 1. The Bertz CT molecular complexity index is 1230. The molecule has 6 heteroatoms. The van der Waals surface area contributed by atoms with Crippen molar-refractivity contribution in [1.29, 1.82) is 0 Å². The molecule has 1 aliphatic heterocycles. The molecule has 4 nitrogen and oxygen atoms in total. The van der Waals surface area contributed by atoms with Crippen molar-refractivity contribution >= 4 is 55.6 Å². The smallest absolute Gasteiger partial charge is 0.302 e. The van der Waals surface area contributed by atoms with E-state index in [4.69, 9.17) is 16.3 Å². The molecular weight excluding hydrogens is 416 g/mol. The third-order valence-electron chi connectivity index (χ3n) is 5.79. The zero-order valence-corrected chi connectivity index (χ0v) is 18.4. The Hall–Kier alpha value is -2.50. The van der Waals surface area contributed by atoms with Gasteiger partial charge < -0.3 is 14.2 Å². The number of halogens is 1. The fraction of sp³-hybridized carbons (Fsp3) is 0.292. The molecule has 1 aliphatic rings. The number of thiophene rings is 1. The molecule has 1 fully saturated rings. The molecule has 0 aliphatic carbocycles. The van der Waals surface area contributed by atoms with E-state index in [0.717, 1.165) is 37.5 Å². The maximum absolute atomic E-state index is 11.4. The van der Waals surface area contributed by atoms with Crippen molar-refractivity contribution in [2.45, 2.75) is 32.4 Å². The predicted molar refractivity (Wildman–Crippen MR) is 125 cm³/mol. The fourth-order valence-corrected chi connectivity index (χ4v) is 5.48. The quantitative estimate of drug-likeness (QED) is 0.361. The Morgan fingerprint density at radius 1 is 1.23 bits per heavy atom. The number of hydrogen-bond acceptors (Lipinski definition) is 4. The number of piperidine rings is 1. The van der Waals surface area contributed by atoms with Gasteiger partial charge in [-0.3, -0.25) is 4.79 Å². The van der Waals surface area contributed by atoms with Gasteiger partial charge in [-0.2, -0.15) is 0 Å². The lowest BCUT2D eigenvalue weighted by Crippen LogP contribution is -2.40. The van der Waals surface area contributed by atoms with Gasteiger partial charge in [-0.15, -0.1) is 11.3 Å². The number of benzene rings is 2.